The van der Waals surface area contributed by atoms with Gasteiger partial charge in [0.25, 0.3) is 0 Å². The molecule has 0 fully saturated rings. The molecule has 0 heterocycles. The third-order valence-corrected chi connectivity index (χ3v) is 4.70. The highest BCUT2D eigenvalue weighted by atomic mass is 32.2. The molecule has 0 bridgehead atoms. The largest absolute Gasteiger partial charge is 0.151 e. The van der Waals surface area contributed by atoms with E-state index in [0.717, 1.165) is 11.4 Å². The molecule has 0 radical (unpaired) electrons. The molecule has 0 aromatic heterocycles. The maximum Gasteiger partial charge on any atom is 0.0868 e. The lowest BCUT2D eigenvalue weighted by Crippen LogP contribution is -1.82. The number of hydrogen-bond acceptors (Lipinski definition) is 3. The quantitative estimate of drug-likeness (QED) is 0.251. The molecular formula is C20H26N2S. The average molecular weight is 327 g/mol. The lowest BCUT2D eigenvalue weighted by molar-refractivity contribution is 0.627. The molecule has 2 aromatic carbocycles. The van der Waals surface area contributed by atoms with Gasteiger partial charge in [0.1, 0.15) is 0 Å². The van der Waals surface area contributed by atoms with Gasteiger partial charge in [-0.2, -0.15) is 10.2 Å². The van der Waals surface area contributed by atoms with Crippen molar-refractivity contribution in [3.63, 3.8) is 0 Å². The highest BCUT2D eigenvalue weighted by molar-refractivity contribution is 7.99. The molecule has 0 aliphatic rings. The van der Waals surface area contributed by atoms with Crippen LogP contribution in [0.3, 0.4) is 0 Å². The van der Waals surface area contributed by atoms with Crippen molar-refractivity contribution in [2.45, 2.75) is 50.3 Å². The standard InChI is InChI=1S/C20H26N2S/c1-2-3-4-5-6-10-16-23-20-15-11-14-19(17-20)22-21-18-12-8-7-9-13-18/h7-9,11-15,17H,2-6,10,16H2,1H3. The molecule has 2 rings (SSSR count). The molecule has 3 heteroatoms. The van der Waals surface area contributed by atoms with Crippen LogP contribution >= 0.6 is 11.8 Å². The minimum atomic E-state index is 0.887. The predicted octanol–water partition coefficient (Wildman–Crippen LogP) is 7.55. The third-order valence-electron chi connectivity index (χ3n) is 3.62. The Bertz CT molecular complexity index is 581. The van der Waals surface area contributed by atoms with Gasteiger partial charge in [-0.05, 0) is 42.5 Å². The van der Waals surface area contributed by atoms with Gasteiger partial charge in [0.05, 0.1) is 11.4 Å². The zero-order valence-corrected chi connectivity index (χ0v) is 14.8. The van der Waals surface area contributed by atoms with Crippen LogP contribution in [-0.2, 0) is 0 Å². The van der Waals surface area contributed by atoms with Crippen LogP contribution in [0.15, 0.2) is 69.7 Å². The summed E-state index contributed by atoms with van der Waals surface area (Å²) in [7, 11) is 0. The number of thioether (sulfide) groups is 1. The molecule has 0 atom stereocenters. The molecule has 0 spiro atoms. The highest BCUT2D eigenvalue weighted by Gasteiger charge is 1.97. The minimum absolute atomic E-state index is 0.887. The summed E-state index contributed by atoms with van der Waals surface area (Å²) in [5.41, 5.74) is 1.81. The summed E-state index contributed by atoms with van der Waals surface area (Å²) in [5, 5.41) is 8.60. The fourth-order valence-electron chi connectivity index (χ4n) is 2.32. The third kappa shape index (κ3) is 7.47. The zero-order valence-electron chi connectivity index (χ0n) is 13.9. The Hall–Kier alpha value is -1.61. The van der Waals surface area contributed by atoms with Crippen molar-refractivity contribution in [1.29, 1.82) is 0 Å². The van der Waals surface area contributed by atoms with Gasteiger partial charge in [0.15, 0.2) is 0 Å². The van der Waals surface area contributed by atoms with E-state index < -0.39 is 0 Å². The van der Waals surface area contributed by atoms with E-state index in [4.69, 9.17) is 0 Å². The fourth-order valence-corrected chi connectivity index (χ4v) is 3.28. The van der Waals surface area contributed by atoms with E-state index >= 15 is 0 Å². The molecule has 23 heavy (non-hydrogen) atoms. The number of nitrogens with zero attached hydrogens (tertiary/aromatic N) is 2. The average Bonchev–Trinajstić information content (AvgIpc) is 2.60. The predicted molar refractivity (Wildman–Crippen MR) is 101 cm³/mol. The van der Waals surface area contributed by atoms with Gasteiger partial charge in [-0.25, -0.2) is 0 Å². The van der Waals surface area contributed by atoms with E-state index in [1.807, 2.05) is 48.2 Å². The second-order valence-electron chi connectivity index (χ2n) is 5.65. The smallest absolute Gasteiger partial charge is 0.0868 e. The molecule has 2 aromatic rings. The first kappa shape index (κ1) is 17.7. The van der Waals surface area contributed by atoms with Crippen LogP contribution < -0.4 is 0 Å². The van der Waals surface area contributed by atoms with Crippen molar-refractivity contribution < 1.29 is 0 Å². The summed E-state index contributed by atoms with van der Waals surface area (Å²) < 4.78 is 0. The summed E-state index contributed by atoms with van der Waals surface area (Å²) in [5.74, 6) is 1.19. The molecule has 0 unspecified atom stereocenters. The molecule has 0 amide bonds. The topological polar surface area (TPSA) is 24.7 Å². The van der Waals surface area contributed by atoms with E-state index in [1.165, 1.54) is 49.2 Å². The lowest BCUT2D eigenvalue weighted by atomic mass is 10.1. The van der Waals surface area contributed by atoms with Crippen molar-refractivity contribution in [2.75, 3.05) is 5.75 Å². The Morgan fingerprint density at radius 2 is 1.43 bits per heavy atom. The van der Waals surface area contributed by atoms with Crippen molar-refractivity contribution in [1.82, 2.24) is 0 Å². The van der Waals surface area contributed by atoms with Crippen molar-refractivity contribution in [2.24, 2.45) is 10.2 Å². The summed E-state index contributed by atoms with van der Waals surface area (Å²) in [6, 6.07) is 18.2. The van der Waals surface area contributed by atoms with Crippen LogP contribution in [-0.4, -0.2) is 5.75 Å². The van der Waals surface area contributed by atoms with Crippen LogP contribution in [0.5, 0.6) is 0 Å². The first-order valence-electron chi connectivity index (χ1n) is 8.58. The number of hydrogen-bond donors (Lipinski definition) is 0. The van der Waals surface area contributed by atoms with Gasteiger partial charge in [0, 0.05) is 4.90 Å². The molecular weight excluding hydrogens is 300 g/mol. The Labute approximate surface area is 144 Å². The van der Waals surface area contributed by atoms with Crippen molar-refractivity contribution >= 4 is 23.1 Å². The Kier molecular flexibility index (Phi) is 8.49. The highest BCUT2D eigenvalue weighted by Crippen LogP contribution is 2.25. The summed E-state index contributed by atoms with van der Waals surface area (Å²) in [6.45, 7) is 2.26. The normalized spacial score (nSPS) is 11.2. The Morgan fingerprint density at radius 1 is 0.739 bits per heavy atom. The maximum absolute atomic E-state index is 4.33. The molecule has 0 saturated heterocycles. The van der Waals surface area contributed by atoms with E-state index in [0.29, 0.717) is 0 Å². The lowest BCUT2D eigenvalue weighted by Gasteiger charge is -2.03. The van der Waals surface area contributed by atoms with Gasteiger partial charge < -0.3 is 0 Å². The number of benzene rings is 2. The van der Waals surface area contributed by atoms with Crippen LogP contribution in [0.2, 0.25) is 0 Å². The molecule has 0 saturated carbocycles. The van der Waals surface area contributed by atoms with Crippen LogP contribution in [0.4, 0.5) is 11.4 Å². The Balaban J connectivity index is 1.75. The zero-order chi connectivity index (χ0) is 16.2. The monoisotopic (exact) mass is 326 g/mol. The van der Waals surface area contributed by atoms with E-state index in [-0.39, 0.29) is 0 Å². The maximum atomic E-state index is 4.33. The molecule has 0 aliphatic heterocycles. The molecule has 122 valence electrons. The van der Waals surface area contributed by atoms with Gasteiger partial charge in [-0.15, -0.1) is 11.8 Å². The van der Waals surface area contributed by atoms with Crippen LogP contribution in [0.25, 0.3) is 0 Å². The number of rotatable bonds is 10. The Morgan fingerprint density at radius 3 is 2.26 bits per heavy atom. The summed E-state index contributed by atoms with van der Waals surface area (Å²) in [6.07, 6.45) is 8.10. The van der Waals surface area contributed by atoms with Gasteiger partial charge >= 0.3 is 0 Å². The van der Waals surface area contributed by atoms with Crippen LogP contribution in [0.1, 0.15) is 45.4 Å². The number of azo groups is 1. The first-order chi connectivity index (χ1) is 11.4. The van der Waals surface area contributed by atoms with Gasteiger partial charge in [0.2, 0.25) is 0 Å². The SMILES string of the molecule is CCCCCCCCSc1cccc(N=Nc2ccccc2)c1. The molecule has 0 aliphatic carbocycles. The van der Waals surface area contributed by atoms with Crippen molar-refractivity contribution in [3.05, 3.63) is 54.6 Å². The van der Waals surface area contributed by atoms with E-state index in [2.05, 4.69) is 35.4 Å². The van der Waals surface area contributed by atoms with Gasteiger partial charge in [-0.1, -0.05) is 63.3 Å². The van der Waals surface area contributed by atoms with E-state index in [1.54, 1.807) is 0 Å². The first-order valence-corrected chi connectivity index (χ1v) is 9.56. The minimum Gasteiger partial charge on any atom is -0.151 e. The summed E-state index contributed by atoms with van der Waals surface area (Å²) in [4.78, 5) is 1.28. The second kappa shape index (κ2) is 11.0. The molecule has 0 N–H and O–H groups in total. The van der Waals surface area contributed by atoms with Crippen molar-refractivity contribution in [3.8, 4) is 0 Å². The van der Waals surface area contributed by atoms with E-state index in [9.17, 15) is 0 Å². The number of unbranched alkanes of at least 4 members (excludes halogenated alkanes) is 5. The molecule has 2 nitrogen and oxygen atoms in total. The van der Waals surface area contributed by atoms with Crippen LogP contribution in [0, 0.1) is 0 Å². The fraction of sp³-hybridized carbons (Fsp3) is 0.400. The second-order valence-corrected chi connectivity index (χ2v) is 6.82. The van der Waals surface area contributed by atoms with Gasteiger partial charge in [-0.3, -0.25) is 0 Å². The summed E-state index contributed by atoms with van der Waals surface area (Å²) >= 11 is 1.92.